The lowest BCUT2D eigenvalue weighted by atomic mass is 10.0. The van der Waals surface area contributed by atoms with Crippen LogP contribution in [0.25, 0.3) is 45.0 Å². The van der Waals surface area contributed by atoms with Crippen LogP contribution in [0.5, 0.6) is 0 Å². The molecule has 4 aromatic heterocycles. The van der Waals surface area contributed by atoms with Crippen molar-refractivity contribution in [2.75, 3.05) is 6.26 Å². The first-order valence-corrected chi connectivity index (χ1v) is 16.4. The summed E-state index contributed by atoms with van der Waals surface area (Å²) in [6, 6.07) is 14.1. The molecule has 0 saturated carbocycles. The number of aromatic nitrogens is 6. The van der Waals surface area contributed by atoms with Gasteiger partial charge in [0.1, 0.15) is 28.8 Å². The molecular weight excluding hydrogens is 670 g/mol. The summed E-state index contributed by atoms with van der Waals surface area (Å²) in [7, 11) is -3.64. The maximum absolute atomic E-state index is 13.2. The fraction of sp³-hybridized carbons (Fsp3) is 0.143. The topological polar surface area (TPSA) is 156 Å². The van der Waals surface area contributed by atoms with Crippen molar-refractivity contribution >= 4 is 9.84 Å². The lowest BCUT2D eigenvalue weighted by Gasteiger charge is -2.07. The van der Waals surface area contributed by atoms with Crippen molar-refractivity contribution in [2.24, 2.45) is 0 Å². The standard InChI is InChI=1S/C17H14FN3O4S.C17H14FN3O2.CH4/c1-3-10-21-15(13-8-9-19-17(20-13)26(2,23)24)14(16(22)25-21)11-4-6-12(18)7-5-11;1-3-10-21-16(14-8-9-19-11(2)20-14)15(17(22)23-21)12-4-6-13(18)7-5-12;/h3-9H,1,10H2,2H3;3-9H,1,10H2,2H3;1H4. The predicted molar refractivity (Wildman–Crippen MR) is 184 cm³/mol. The quantitative estimate of drug-likeness (QED) is 0.127. The Morgan fingerprint density at radius 1 is 0.720 bits per heavy atom. The van der Waals surface area contributed by atoms with Gasteiger partial charge in [-0.2, -0.15) is 9.48 Å². The Kier molecular flexibility index (Phi) is 11.3. The maximum Gasteiger partial charge on any atom is 0.366 e. The van der Waals surface area contributed by atoms with Gasteiger partial charge in [-0.25, -0.2) is 46.7 Å². The van der Waals surface area contributed by atoms with Crippen molar-refractivity contribution in [3.63, 3.8) is 0 Å². The fourth-order valence-corrected chi connectivity index (χ4v) is 5.33. The molecule has 0 atom stereocenters. The molecule has 0 aliphatic rings. The van der Waals surface area contributed by atoms with Crippen molar-refractivity contribution in [3.8, 4) is 45.0 Å². The van der Waals surface area contributed by atoms with Crippen LogP contribution in [-0.4, -0.2) is 44.1 Å². The molecule has 0 amide bonds. The van der Waals surface area contributed by atoms with Crippen molar-refractivity contribution in [1.29, 1.82) is 0 Å². The Bertz CT molecular complexity index is 2380. The van der Waals surface area contributed by atoms with E-state index in [0.29, 0.717) is 40.4 Å². The van der Waals surface area contributed by atoms with Gasteiger partial charge in [0, 0.05) is 18.6 Å². The normalized spacial score (nSPS) is 10.9. The van der Waals surface area contributed by atoms with E-state index in [0.717, 1.165) is 6.26 Å². The summed E-state index contributed by atoms with van der Waals surface area (Å²) in [5.74, 6) is -0.249. The molecule has 6 aromatic rings. The minimum atomic E-state index is -3.64. The number of benzene rings is 2. The number of hydrogen-bond acceptors (Lipinski definition) is 10. The summed E-state index contributed by atoms with van der Waals surface area (Å²) >= 11 is 0. The van der Waals surface area contributed by atoms with Gasteiger partial charge in [0.05, 0.1) is 35.6 Å². The zero-order chi connectivity index (χ0) is 35.3. The van der Waals surface area contributed by atoms with E-state index in [1.165, 1.54) is 76.3 Å². The van der Waals surface area contributed by atoms with Gasteiger partial charge in [0.2, 0.25) is 15.0 Å². The van der Waals surface area contributed by atoms with Crippen LogP contribution in [0.4, 0.5) is 8.78 Å². The molecule has 0 fully saturated rings. The summed E-state index contributed by atoms with van der Waals surface area (Å²) in [6.45, 7) is 9.51. The van der Waals surface area contributed by atoms with Crippen LogP contribution in [0.15, 0.2) is 122 Å². The summed E-state index contributed by atoms with van der Waals surface area (Å²) in [5, 5.41) is -0.376. The molecule has 0 saturated heterocycles. The van der Waals surface area contributed by atoms with Crippen LogP contribution in [-0.2, 0) is 22.9 Å². The van der Waals surface area contributed by atoms with Crippen LogP contribution in [0.3, 0.4) is 0 Å². The number of aryl methyl sites for hydroxylation is 1. The van der Waals surface area contributed by atoms with Crippen LogP contribution in [0.2, 0.25) is 0 Å². The largest absolute Gasteiger partial charge is 0.366 e. The average Bonchev–Trinajstić information content (AvgIpc) is 3.57. The van der Waals surface area contributed by atoms with E-state index in [1.54, 1.807) is 25.3 Å². The number of sulfone groups is 1. The molecule has 0 spiro atoms. The molecular formula is C35H32F2N6O6S. The third-order valence-corrected chi connectivity index (χ3v) is 7.71. The molecule has 2 aromatic carbocycles. The summed E-state index contributed by atoms with van der Waals surface area (Å²) in [5.41, 5.74) is 1.82. The van der Waals surface area contributed by atoms with Gasteiger partial charge in [0.15, 0.2) is 0 Å². The van der Waals surface area contributed by atoms with Gasteiger partial charge in [-0.05, 0) is 54.4 Å². The Morgan fingerprint density at radius 2 is 1.14 bits per heavy atom. The summed E-state index contributed by atoms with van der Waals surface area (Å²) < 4.78 is 63.1. The molecule has 6 rings (SSSR count). The smallest absolute Gasteiger partial charge is 0.335 e. The first-order chi connectivity index (χ1) is 23.4. The Labute approximate surface area is 285 Å². The van der Waals surface area contributed by atoms with Crippen LogP contribution >= 0.6 is 0 Å². The second kappa shape index (κ2) is 15.4. The van der Waals surface area contributed by atoms with Gasteiger partial charge in [-0.1, -0.05) is 43.8 Å². The average molecular weight is 703 g/mol. The van der Waals surface area contributed by atoms with E-state index in [-0.39, 0.29) is 41.9 Å². The summed E-state index contributed by atoms with van der Waals surface area (Å²) in [6.07, 6.45) is 7.01. The highest BCUT2D eigenvalue weighted by atomic mass is 32.2. The Hall–Kier alpha value is -6.09. The van der Waals surface area contributed by atoms with Gasteiger partial charge in [0.25, 0.3) is 0 Å². The zero-order valence-electron chi connectivity index (χ0n) is 26.2. The van der Waals surface area contributed by atoms with Crippen molar-refractivity contribution < 1.29 is 26.2 Å². The number of hydrogen-bond donors (Lipinski definition) is 0. The molecule has 0 N–H and O–H groups in total. The lowest BCUT2D eigenvalue weighted by molar-refractivity contribution is 0.273. The van der Waals surface area contributed by atoms with Gasteiger partial charge < -0.3 is 9.05 Å². The second-order valence-electron chi connectivity index (χ2n) is 10.4. The first-order valence-electron chi connectivity index (χ1n) is 14.5. The van der Waals surface area contributed by atoms with Gasteiger partial charge >= 0.3 is 11.3 Å². The second-order valence-corrected chi connectivity index (χ2v) is 12.3. The van der Waals surface area contributed by atoms with E-state index in [2.05, 4.69) is 33.1 Å². The lowest BCUT2D eigenvalue weighted by Crippen LogP contribution is -2.06. The first kappa shape index (κ1) is 36.7. The molecule has 0 bridgehead atoms. The maximum atomic E-state index is 13.2. The van der Waals surface area contributed by atoms with Crippen LogP contribution < -0.4 is 11.3 Å². The predicted octanol–water partition coefficient (Wildman–Crippen LogP) is 6.13. The number of rotatable bonds is 9. The zero-order valence-corrected chi connectivity index (χ0v) is 27.0. The monoisotopic (exact) mass is 702 g/mol. The molecule has 50 heavy (non-hydrogen) atoms. The number of nitrogens with zero attached hydrogens (tertiary/aromatic N) is 6. The van der Waals surface area contributed by atoms with Crippen LogP contribution in [0, 0.1) is 18.6 Å². The van der Waals surface area contributed by atoms with Crippen molar-refractivity contribution in [1.82, 2.24) is 29.4 Å². The van der Waals surface area contributed by atoms with E-state index < -0.39 is 26.9 Å². The van der Waals surface area contributed by atoms with Gasteiger partial charge in [-0.3, -0.25) is 0 Å². The fourth-order valence-electron chi connectivity index (χ4n) is 4.81. The molecule has 258 valence electrons. The van der Waals surface area contributed by atoms with Gasteiger partial charge in [-0.15, -0.1) is 13.2 Å². The Balaban J connectivity index is 0.000000222. The van der Waals surface area contributed by atoms with E-state index in [1.807, 2.05) is 0 Å². The Morgan fingerprint density at radius 3 is 1.54 bits per heavy atom. The highest BCUT2D eigenvalue weighted by molar-refractivity contribution is 7.90. The number of allylic oxidation sites excluding steroid dienone is 2. The molecule has 12 nitrogen and oxygen atoms in total. The molecule has 15 heteroatoms. The minimum Gasteiger partial charge on any atom is -0.335 e. The van der Waals surface area contributed by atoms with Crippen LogP contribution in [0.1, 0.15) is 13.3 Å². The molecule has 4 heterocycles. The van der Waals surface area contributed by atoms with Crippen molar-refractivity contribution in [2.45, 2.75) is 32.6 Å². The SMILES string of the molecule is C.C=CCn1oc(=O)c(-c2ccc(F)cc2)c1-c1ccnc(C)n1.C=CCn1oc(=O)c(-c2ccc(F)cc2)c1-c1ccnc(S(C)(=O)=O)n1. The van der Waals surface area contributed by atoms with E-state index in [4.69, 9.17) is 9.05 Å². The molecule has 0 aliphatic carbocycles. The third kappa shape index (κ3) is 7.95. The molecule has 0 unspecified atom stereocenters. The molecule has 0 radical (unpaired) electrons. The number of halogens is 2. The highest BCUT2D eigenvalue weighted by Crippen LogP contribution is 2.31. The molecule has 0 aliphatic heterocycles. The minimum absolute atomic E-state index is 0. The van der Waals surface area contributed by atoms with Crippen molar-refractivity contribution in [3.05, 3.63) is 137 Å². The highest BCUT2D eigenvalue weighted by Gasteiger charge is 2.24. The summed E-state index contributed by atoms with van der Waals surface area (Å²) in [4.78, 5) is 40.9. The van der Waals surface area contributed by atoms with E-state index >= 15 is 0 Å². The van der Waals surface area contributed by atoms with E-state index in [9.17, 15) is 26.8 Å². The third-order valence-electron chi connectivity index (χ3n) is 6.85.